The number of unbranched alkanes of at least 4 members (excludes halogenated alkanes) is 1. The molecule has 0 aliphatic heterocycles. The van der Waals surface area contributed by atoms with Crippen molar-refractivity contribution in [2.45, 2.75) is 25.9 Å². The van der Waals surface area contributed by atoms with Gasteiger partial charge in [0, 0.05) is 6.54 Å². The van der Waals surface area contributed by atoms with Crippen molar-refractivity contribution < 1.29 is 9.15 Å². The summed E-state index contributed by atoms with van der Waals surface area (Å²) in [7, 11) is 0. The van der Waals surface area contributed by atoms with E-state index in [0.717, 1.165) is 41.5 Å². The van der Waals surface area contributed by atoms with E-state index in [2.05, 4.69) is 20.6 Å². The summed E-state index contributed by atoms with van der Waals surface area (Å²) in [6, 6.07) is 16.6. The Kier molecular flexibility index (Phi) is 5.14. The number of aromatic nitrogens is 6. The minimum atomic E-state index is -0.413. The maximum absolute atomic E-state index is 11.7. The number of hydrogen-bond donors (Lipinski definition) is 0. The topological polar surface area (TPSA) is 101 Å². The van der Waals surface area contributed by atoms with Gasteiger partial charge >= 0.3 is 5.63 Å². The number of para-hydroxylation sites is 2. The Balaban J connectivity index is 1.14. The highest BCUT2D eigenvalue weighted by Gasteiger charge is 2.08. The van der Waals surface area contributed by atoms with Crippen LogP contribution in [0.3, 0.4) is 0 Å². The van der Waals surface area contributed by atoms with Crippen molar-refractivity contribution in [2.24, 2.45) is 0 Å². The number of aryl methyl sites for hydroxylation is 1. The summed E-state index contributed by atoms with van der Waals surface area (Å²) >= 11 is 0. The summed E-state index contributed by atoms with van der Waals surface area (Å²) in [4.78, 5) is 11.7. The van der Waals surface area contributed by atoms with Crippen LogP contribution in [0.25, 0.3) is 22.0 Å². The number of benzene rings is 2. The number of fused-ring (bicyclic) bond motifs is 2. The van der Waals surface area contributed by atoms with Crippen molar-refractivity contribution in [1.29, 1.82) is 0 Å². The van der Waals surface area contributed by atoms with E-state index in [1.165, 1.54) is 6.07 Å². The van der Waals surface area contributed by atoms with Gasteiger partial charge < -0.3 is 9.15 Å². The number of nitrogens with zero attached hydrogens (tertiary/aromatic N) is 6. The lowest BCUT2D eigenvalue weighted by molar-refractivity contribution is 0.302. The van der Waals surface area contributed by atoms with Gasteiger partial charge in [0.1, 0.15) is 22.5 Å². The largest absolute Gasteiger partial charge is 0.493 e. The normalized spacial score (nSPS) is 11.4. The zero-order valence-corrected chi connectivity index (χ0v) is 16.7. The third-order valence-electron chi connectivity index (χ3n) is 4.97. The Morgan fingerprint density at radius 2 is 1.84 bits per heavy atom. The summed E-state index contributed by atoms with van der Waals surface area (Å²) < 4.78 is 14.7. The van der Waals surface area contributed by atoms with Crippen molar-refractivity contribution in [3.05, 3.63) is 76.9 Å². The molecule has 156 valence electrons. The van der Waals surface area contributed by atoms with Crippen molar-refractivity contribution in [3.63, 3.8) is 0 Å². The molecule has 0 N–H and O–H groups in total. The van der Waals surface area contributed by atoms with E-state index in [1.807, 2.05) is 58.0 Å². The van der Waals surface area contributed by atoms with Gasteiger partial charge in [-0.1, -0.05) is 34.7 Å². The Hall–Kier alpha value is -4.01. The molecule has 5 aromatic rings. The highest BCUT2D eigenvalue weighted by molar-refractivity contribution is 5.82. The summed E-state index contributed by atoms with van der Waals surface area (Å²) in [6.07, 6.45) is 3.61. The summed E-state index contributed by atoms with van der Waals surface area (Å²) in [6.45, 7) is 1.75. The maximum Gasteiger partial charge on any atom is 0.339 e. The first-order chi connectivity index (χ1) is 15.3. The number of ether oxygens (including phenoxy) is 1. The predicted molar refractivity (Wildman–Crippen MR) is 114 cm³/mol. The molecule has 0 spiro atoms. The second-order valence-electron chi connectivity index (χ2n) is 7.19. The van der Waals surface area contributed by atoms with Crippen LogP contribution in [0.5, 0.6) is 5.75 Å². The van der Waals surface area contributed by atoms with Crippen LogP contribution in [-0.2, 0) is 13.1 Å². The molecule has 0 bridgehead atoms. The average Bonchev–Trinajstić information content (AvgIpc) is 3.41. The van der Waals surface area contributed by atoms with Gasteiger partial charge in [-0.2, -0.15) is 0 Å². The van der Waals surface area contributed by atoms with E-state index in [-0.39, 0.29) is 0 Å². The SMILES string of the molecule is O=c1cc(OCCCCn2cc(Cn3nnc4ccccc43)nn2)c2ccccc2o1. The van der Waals surface area contributed by atoms with Crippen LogP contribution < -0.4 is 10.4 Å². The van der Waals surface area contributed by atoms with E-state index in [1.54, 1.807) is 6.07 Å². The molecule has 0 aliphatic rings. The first-order valence-electron chi connectivity index (χ1n) is 10.1. The molecule has 0 saturated heterocycles. The molecule has 0 aliphatic carbocycles. The third-order valence-corrected chi connectivity index (χ3v) is 4.97. The first-order valence-corrected chi connectivity index (χ1v) is 10.1. The molecular weight excluding hydrogens is 396 g/mol. The van der Waals surface area contributed by atoms with Gasteiger partial charge in [-0.3, -0.25) is 4.68 Å². The molecule has 5 rings (SSSR count). The minimum Gasteiger partial charge on any atom is -0.493 e. The van der Waals surface area contributed by atoms with E-state index in [0.29, 0.717) is 24.5 Å². The molecule has 0 amide bonds. The Morgan fingerprint density at radius 3 is 2.81 bits per heavy atom. The molecule has 31 heavy (non-hydrogen) atoms. The predicted octanol–water partition coefficient (Wildman–Crippen LogP) is 3.04. The second kappa shape index (κ2) is 8.39. The lowest BCUT2D eigenvalue weighted by atomic mass is 10.2. The molecule has 0 saturated carbocycles. The van der Waals surface area contributed by atoms with Crippen LogP contribution in [0.2, 0.25) is 0 Å². The lowest BCUT2D eigenvalue weighted by Crippen LogP contribution is -2.05. The molecule has 0 fully saturated rings. The van der Waals surface area contributed by atoms with Gasteiger partial charge in [-0.15, -0.1) is 10.2 Å². The fourth-order valence-corrected chi connectivity index (χ4v) is 3.47. The van der Waals surface area contributed by atoms with E-state index in [4.69, 9.17) is 9.15 Å². The summed E-state index contributed by atoms with van der Waals surface area (Å²) in [5.41, 5.74) is 2.77. The summed E-state index contributed by atoms with van der Waals surface area (Å²) in [5, 5.41) is 17.6. The molecule has 3 heterocycles. The summed E-state index contributed by atoms with van der Waals surface area (Å²) in [5.74, 6) is 0.551. The van der Waals surface area contributed by atoms with Crippen LogP contribution in [0, 0.1) is 0 Å². The molecule has 0 atom stereocenters. The Morgan fingerprint density at radius 1 is 0.968 bits per heavy atom. The minimum absolute atomic E-state index is 0.413. The van der Waals surface area contributed by atoms with Crippen molar-refractivity contribution >= 4 is 22.0 Å². The highest BCUT2D eigenvalue weighted by atomic mass is 16.5. The molecular formula is C22H20N6O3. The van der Waals surface area contributed by atoms with Gasteiger partial charge in [-0.05, 0) is 37.1 Å². The molecule has 0 unspecified atom stereocenters. The van der Waals surface area contributed by atoms with Crippen LogP contribution >= 0.6 is 0 Å². The van der Waals surface area contributed by atoms with Gasteiger partial charge in [0.25, 0.3) is 0 Å². The zero-order chi connectivity index (χ0) is 21.0. The van der Waals surface area contributed by atoms with Crippen molar-refractivity contribution in [1.82, 2.24) is 30.0 Å². The second-order valence-corrected chi connectivity index (χ2v) is 7.19. The molecule has 3 aromatic heterocycles. The van der Waals surface area contributed by atoms with Gasteiger partial charge in [0.15, 0.2) is 0 Å². The molecule has 9 heteroatoms. The fourth-order valence-electron chi connectivity index (χ4n) is 3.47. The van der Waals surface area contributed by atoms with Crippen molar-refractivity contribution in [3.8, 4) is 5.75 Å². The smallest absolute Gasteiger partial charge is 0.339 e. The van der Waals surface area contributed by atoms with E-state index >= 15 is 0 Å². The zero-order valence-electron chi connectivity index (χ0n) is 16.7. The molecule has 0 radical (unpaired) electrons. The lowest BCUT2D eigenvalue weighted by Gasteiger charge is -2.08. The standard InChI is InChI=1S/C22H20N6O3/c29-22-13-21(17-7-1-4-10-20(17)31-22)30-12-6-5-11-27-14-16(23-25-27)15-28-19-9-3-2-8-18(19)24-26-28/h1-4,7-10,13-14H,5-6,11-12,15H2. The van der Waals surface area contributed by atoms with Crippen LogP contribution in [0.1, 0.15) is 18.5 Å². The monoisotopic (exact) mass is 416 g/mol. The van der Waals surface area contributed by atoms with E-state index in [9.17, 15) is 4.79 Å². The van der Waals surface area contributed by atoms with Gasteiger partial charge in [-0.25, -0.2) is 9.48 Å². The van der Waals surface area contributed by atoms with Gasteiger partial charge in [0.2, 0.25) is 0 Å². The molecule has 2 aromatic carbocycles. The fraction of sp³-hybridized carbons (Fsp3) is 0.227. The van der Waals surface area contributed by atoms with Crippen LogP contribution in [-0.4, -0.2) is 36.6 Å². The quantitative estimate of drug-likeness (QED) is 0.283. The van der Waals surface area contributed by atoms with Crippen LogP contribution in [0.4, 0.5) is 0 Å². The highest BCUT2D eigenvalue weighted by Crippen LogP contribution is 2.23. The number of hydrogen-bond acceptors (Lipinski definition) is 7. The average molecular weight is 416 g/mol. The number of rotatable bonds is 8. The van der Waals surface area contributed by atoms with E-state index < -0.39 is 5.63 Å². The molecule has 9 nitrogen and oxygen atoms in total. The third kappa shape index (κ3) is 4.16. The van der Waals surface area contributed by atoms with Gasteiger partial charge in [0.05, 0.1) is 36.3 Å². The Bertz CT molecular complexity index is 1390. The van der Waals surface area contributed by atoms with Crippen molar-refractivity contribution in [2.75, 3.05) is 6.61 Å². The first kappa shape index (κ1) is 19.0. The Labute approximate surface area is 176 Å². The maximum atomic E-state index is 11.7. The van der Waals surface area contributed by atoms with Crippen LogP contribution in [0.15, 0.2) is 70.0 Å².